The molecular formula is C28H27F4N5O3. The molecule has 2 heterocycles. The largest absolute Gasteiger partial charge is 0.490 e. The number of benzene rings is 2. The number of piperidine rings is 1. The molecule has 1 aromatic heterocycles. The lowest BCUT2D eigenvalue weighted by Gasteiger charge is -2.37. The first kappa shape index (κ1) is 30.0. The molecule has 0 radical (unpaired) electrons. The van der Waals surface area contributed by atoms with E-state index in [2.05, 4.69) is 33.2 Å². The molecule has 4 rings (SSSR count). The Balaban J connectivity index is 0.000000559. The summed E-state index contributed by atoms with van der Waals surface area (Å²) < 4.78 is 44.8. The number of aliphatic carboxylic acids is 1. The maximum Gasteiger partial charge on any atom is 0.490 e. The SMILES string of the molecule is CN(Cc1ccc(C#N)cc1)C1CCN(c2cc(NC(=O)c3ccc(F)cc3)ccn2)CC1.O=C(O)C(F)(F)F. The second kappa shape index (κ2) is 13.5. The van der Waals surface area contributed by atoms with E-state index in [-0.39, 0.29) is 11.7 Å². The Bertz CT molecular complexity index is 1330. The van der Waals surface area contributed by atoms with Crippen LogP contribution in [0.5, 0.6) is 0 Å². The summed E-state index contributed by atoms with van der Waals surface area (Å²) >= 11 is 0. The van der Waals surface area contributed by atoms with Crippen LogP contribution in [0.1, 0.15) is 34.3 Å². The summed E-state index contributed by atoms with van der Waals surface area (Å²) in [7, 11) is 2.14. The van der Waals surface area contributed by atoms with Gasteiger partial charge in [-0.1, -0.05) is 12.1 Å². The van der Waals surface area contributed by atoms with E-state index in [4.69, 9.17) is 15.2 Å². The van der Waals surface area contributed by atoms with Crippen molar-refractivity contribution in [2.75, 3.05) is 30.4 Å². The molecule has 12 heteroatoms. The molecule has 1 saturated heterocycles. The standard InChI is InChI=1S/C26H26FN5O.C2HF3O2/c1-31(18-20-4-2-19(17-28)3-5-20)24-11-14-32(15-12-24)25-16-23(10-13-29-25)30-26(33)21-6-8-22(27)9-7-21;3-2(4,5)1(6)7/h2-10,13,16,24H,11-12,14-15,18H2,1H3,(H,29,30,33);(H,6,7). The number of carboxylic acids is 1. The van der Waals surface area contributed by atoms with E-state index in [0.29, 0.717) is 22.9 Å². The second-order valence-corrected chi connectivity index (χ2v) is 9.11. The van der Waals surface area contributed by atoms with Crippen molar-refractivity contribution in [3.8, 4) is 6.07 Å². The molecular weight excluding hydrogens is 530 g/mol. The summed E-state index contributed by atoms with van der Waals surface area (Å²) in [5.74, 6) is -2.58. The molecule has 2 N–H and O–H groups in total. The van der Waals surface area contributed by atoms with E-state index in [1.165, 1.54) is 29.8 Å². The summed E-state index contributed by atoms with van der Waals surface area (Å²) in [6.07, 6.45) is -1.36. The van der Waals surface area contributed by atoms with E-state index in [9.17, 15) is 22.4 Å². The lowest BCUT2D eigenvalue weighted by atomic mass is 10.0. The van der Waals surface area contributed by atoms with E-state index in [0.717, 1.165) is 38.3 Å². The summed E-state index contributed by atoms with van der Waals surface area (Å²) in [6, 6.07) is 19.5. The highest BCUT2D eigenvalue weighted by Gasteiger charge is 2.38. The van der Waals surface area contributed by atoms with Gasteiger partial charge in [0.2, 0.25) is 0 Å². The van der Waals surface area contributed by atoms with Crippen molar-refractivity contribution in [2.45, 2.75) is 31.6 Å². The fraction of sp³-hybridized carbons (Fsp3) is 0.286. The Morgan fingerprint density at radius 3 is 2.25 bits per heavy atom. The quantitative estimate of drug-likeness (QED) is 0.407. The van der Waals surface area contributed by atoms with Crippen LogP contribution in [0.3, 0.4) is 0 Å². The molecule has 0 bridgehead atoms. The molecule has 3 aromatic rings. The third-order valence-corrected chi connectivity index (χ3v) is 6.28. The van der Waals surface area contributed by atoms with E-state index in [1.807, 2.05) is 30.3 Å². The van der Waals surface area contributed by atoms with Crippen molar-refractivity contribution in [1.82, 2.24) is 9.88 Å². The number of anilines is 2. The molecule has 1 fully saturated rings. The van der Waals surface area contributed by atoms with Crippen LogP contribution in [-0.2, 0) is 11.3 Å². The Hall–Kier alpha value is -4.50. The predicted molar refractivity (Wildman–Crippen MR) is 140 cm³/mol. The van der Waals surface area contributed by atoms with Crippen molar-refractivity contribution in [3.05, 3.63) is 89.4 Å². The summed E-state index contributed by atoms with van der Waals surface area (Å²) in [4.78, 5) is 30.4. The van der Waals surface area contributed by atoms with Crippen molar-refractivity contribution < 1.29 is 32.3 Å². The normalized spacial score (nSPS) is 13.7. The number of carboxylic acid groups (broad SMARTS) is 1. The predicted octanol–water partition coefficient (Wildman–Crippen LogP) is 5.08. The van der Waals surface area contributed by atoms with Crippen LogP contribution in [-0.4, -0.2) is 59.2 Å². The van der Waals surface area contributed by atoms with Gasteiger partial charge in [-0.2, -0.15) is 18.4 Å². The van der Waals surface area contributed by atoms with Crippen LogP contribution in [0.25, 0.3) is 0 Å². The number of pyridine rings is 1. The van der Waals surface area contributed by atoms with Crippen molar-refractivity contribution >= 4 is 23.4 Å². The van der Waals surface area contributed by atoms with Crippen LogP contribution in [0, 0.1) is 17.1 Å². The van der Waals surface area contributed by atoms with Gasteiger partial charge in [0.15, 0.2) is 0 Å². The average Bonchev–Trinajstić information content (AvgIpc) is 2.94. The Labute approximate surface area is 228 Å². The molecule has 2 aromatic carbocycles. The van der Waals surface area contributed by atoms with E-state index >= 15 is 0 Å². The van der Waals surface area contributed by atoms with Gasteiger partial charge in [-0.05, 0) is 67.9 Å². The molecule has 1 aliphatic heterocycles. The third-order valence-electron chi connectivity index (χ3n) is 6.28. The number of carbonyl (C=O) groups excluding carboxylic acids is 1. The number of amides is 1. The van der Waals surface area contributed by atoms with Crippen molar-refractivity contribution in [2.24, 2.45) is 0 Å². The summed E-state index contributed by atoms with van der Waals surface area (Å²) in [5, 5.41) is 18.9. The Morgan fingerprint density at radius 1 is 1.10 bits per heavy atom. The minimum Gasteiger partial charge on any atom is -0.475 e. The molecule has 1 aliphatic rings. The van der Waals surface area contributed by atoms with Crippen LogP contribution in [0.15, 0.2) is 66.9 Å². The number of halogens is 4. The Morgan fingerprint density at radius 2 is 1.70 bits per heavy atom. The van der Waals surface area contributed by atoms with Gasteiger partial charge in [-0.15, -0.1) is 0 Å². The highest BCUT2D eigenvalue weighted by molar-refractivity contribution is 6.04. The molecule has 8 nitrogen and oxygen atoms in total. The first-order valence-electron chi connectivity index (χ1n) is 12.2. The molecule has 0 aliphatic carbocycles. The second-order valence-electron chi connectivity index (χ2n) is 9.11. The lowest BCUT2D eigenvalue weighted by molar-refractivity contribution is -0.192. The number of hydrogen-bond acceptors (Lipinski definition) is 6. The monoisotopic (exact) mass is 557 g/mol. The number of nitriles is 1. The van der Waals surface area contributed by atoms with E-state index < -0.39 is 12.1 Å². The highest BCUT2D eigenvalue weighted by Crippen LogP contribution is 2.24. The van der Waals surface area contributed by atoms with Crippen LogP contribution in [0.4, 0.5) is 29.1 Å². The molecule has 210 valence electrons. The summed E-state index contributed by atoms with van der Waals surface area (Å²) in [5.41, 5.74) is 2.94. The first-order valence-corrected chi connectivity index (χ1v) is 12.2. The van der Waals surface area contributed by atoms with E-state index in [1.54, 1.807) is 12.3 Å². The fourth-order valence-corrected chi connectivity index (χ4v) is 4.11. The molecule has 0 atom stereocenters. The highest BCUT2D eigenvalue weighted by atomic mass is 19.4. The number of nitrogens with zero attached hydrogens (tertiary/aromatic N) is 4. The molecule has 40 heavy (non-hydrogen) atoms. The number of carbonyl (C=O) groups is 2. The molecule has 0 spiro atoms. The minimum atomic E-state index is -5.08. The van der Waals surface area contributed by atoms with Crippen molar-refractivity contribution in [3.63, 3.8) is 0 Å². The van der Waals surface area contributed by atoms with Gasteiger partial charge in [0.05, 0.1) is 11.6 Å². The van der Waals surface area contributed by atoms with Gasteiger partial charge in [0, 0.05) is 49.2 Å². The number of rotatable bonds is 6. The summed E-state index contributed by atoms with van der Waals surface area (Å²) in [6.45, 7) is 2.61. The van der Waals surface area contributed by atoms with Gasteiger partial charge in [0.1, 0.15) is 11.6 Å². The fourth-order valence-electron chi connectivity index (χ4n) is 4.11. The zero-order valence-electron chi connectivity index (χ0n) is 21.5. The van der Waals surface area contributed by atoms with Crippen LogP contribution < -0.4 is 10.2 Å². The maximum atomic E-state index is 13.1. The van der Waals surface area contributed by atoms with Crippen LogP contribution >= 0.6 is 0 Å². The molecule has 1 amide bonds. The third kappa shape index (κ3) is 8.78. The molecule has 0 saturated carbocycles. The zero-order valence-corrected chi connectivity index (χ0v) is 21.5. The van der Waals surface area contributed by atoms with Crippen LogP contribution in [0.2, 0.25) is 0 Å². The van der Waals surface area contributed by atoms with Gasteiger partial charge >= 0.3 is 12.1 Å². The lowest BCUT2D eigenvalue weighted by Crippen LogP contribution is -2.43. The Kier molecular flexibility index (Phi) is 10.2. The zero-order chi connectivity index (χ0) is 29.3. The topological polar surface area (TPSA) is 110 Å². The molecule has 0 unspecified atom stereocenters. The van der Waals surface area contributed by atoms with Gasteiger partial charge < -0.3 is 15.3 Å². The number of nitrogens with one attached hydrogen (secondary N) is 1. The number of alkyl halides is 3. The van der Waals surface area contributed by atoms with Gasteiger partial charge in [-0.25, -0.2) is 14.2 Å². The maximum absolute atomic E-state index is 13.1. The number of aromatic nitrogens is 1. The smallest absolute Gasteiger partial charge is 0.475 e. The number of hydrogen-bond donors (Lipinski definition) is 2. The van der Waals surface area contributed by atoms with Gasteiger partial charge in [-0.3, -0.25) is 9.69 Å². The first-order chi connectivity index (χ1) is 19.0. The van der Waals surface area contributed by atoms with Gasteiger partial charge in [0.25, 0.3) is 5.91 Å². The average molecular weight is 558 g/mol. The minimum absolute atomic E-state index is 0.282. The van der Waals surface area contributed by atoms with Crippen molar-refractivity contribution in [1.29, 1.82) is 5.26 Å².